The Morgan fingerprint density at radius 1 is 1.53 bits per heavy atom. The zero-order valence-corrected chi connectivity index (χ0v) is 11.5. The van der Waals surface area contributed by atoms with Crippen molar-refractivity contribution in [1.82, 2.24) is 24.1 Å². The van der Waals surface area contributed by atoms with E-state index in [1.54, 1.807) is 37.3 Å². The van der Waals surface area contributed by atoms with Crippen molar-refractivity contribution in [3.8, 4) is 0 Å². The lowest BCUT2D eigenvalue weighted by atomic mass is 10.4. The molecule has 0 aliphatic heterocycles. The van der Waals surface area contributed by atoms with E-state index in [0.29, 0.717) is 6.54 Å². The van der Waals surface area contributed by atoms with E-state index in [1.165, 1.54) is 10.9 Å². The summed E-state index contributed by atoms with van der Waals surface area (Å²) in [5.41, 5.74) is 5.57. The second-order valence-corrected chi connectivity index (χ2v) is 6.02. The maximum absolute atomic E-state index is 12.1. The van der Waals surface area contributed by atoms with Crippen molar-refractivity contribution in [2.75, 3.05) is 5.73 Å². The number of anilines is 1. The molecule has 1 unspecified atom stereocenters. The van der Waals surface area contributed by atoms with Crippen LogP contribution in [0.15, 0.2) is 29.8 Å². The van der Waals surface area contributed by atoms with Crippen LogP contribution in [-0.4, -0.2) is 33.8 Å². The number of hydrogen-bond donors (Lipinski definition) is 2. The van der Waals surface area contributed by atoms with Crippen LogP contribution in [0.25, 0.3) is 0 Å². The van der Waals surface area contributed by atoms with Crippen LogP contribution in [0.3, 0.4) is 0 Å². The Balaban J connectivity index is 2.11. The number of nitrogen functional groups attached to an aromatic ring is 1. The molecule has 0 aromatic carbocycles. The van der Waals surface area contributed by atoms with Gasteiger partial charge in [-0.3, -0.25) is 4.68 Å². The maximum atomic E-state index is 12.1. The largest absolute Gasteiger partial charge is 0.381 e. The van der Waals surface area contributed by atoms with Crippen LogP contribution in [0.1, 0.15) is 6.92 Å². The van der Waals surface area contributed by atoms with Crippen molar-refractivity contribution < 1.29 is 8.42 Å². The van der Waals surface area contributed by atoms with E-state index in [4.69, 9.17) is 5.73 Å². The minimum absolute atomic E-state index is 0.00696. The number of aromatic nitrogens is 4. The number of sulfonamides is 1. The van der Waals surface area contributed by atoms with E-state index in [0.717, 1.165) is 0 Å². The first kappa shape index (κ1) is 13.6. The molecule has 0 spiro atoms. The van der Waals surface area contributed by atoms with Crippen molar-refractivity contribution >= 4 is 15.8 Å². The fraction of sp³-hybridized carbons (Fsp3) is 0.400. The van der Waals surface area contributed by atoms with E-state index >= 15 is 0 Å². The first-order valence-electron chi connectivity index (χ1n) is 5.65. The summed E-state index contributed by atoms with van der Waals surface area (Å²) >= 11 is 0. The van der Waals surface area contributed by atoms with E-state index in [1.807, 2.05) is 0 Å². The summed E-state index contributed by atoms with van der Waals surface area (Å²) < 4.78 is 30.0. The number of hydrogen-bond acceptors (Lipinski definition) is 5. The van der Waals surface area contributed by atoms with Gasteiger partial charge in [0.05, 0.1) is 6.33 Å². The molecule has 2 aromatic rings. The van der Waals surface area contributed by atoms with Gasteiger partial charge in [-0.1, -0.05) is 0 Å². The molecule has 0 radical (unpaired) electrons. The van der Waals surface area contributed by atoms with Gasteiger partial charge >= 0.3 is 0 Å². The average molecular weight is 284 g/mol. The topological polar surface area (TPSA) is 108 Å². The van der Waals surface area contributed by atoms with Gasteiger partial charge < -0.3 is 10.3 Å². The van der Waals surface area contributed by atoms with Crippen molar-refractivity contribution in [1.29, 1.82) is 0 Å². The Bertz CT molecular complexity index is 646. The molecule has 0 amide bonds. The Labute approximate surface area is 111 Å². The fourth-order valence-electron chi connectivity index (χ4n) is 1.77. The first-order chi connectivity index (χ1) is 8.88. The summed E-state index contributed by atoms with van der Waals surface area (Å²) in [5.74, 6) is -0.00942. The molecular formula is C10H16N6O2S. The summed E-state index contributed by atoms with van der Waals surface area (Å²) in [5, 5.41) is 3.82. The molecule has 0 aliphatic carbocycles. The summed E-state index contributed by atoms with van der Waals surface area (Å²) in [4.78, 5) is 3.89. The lowest BCUT2D eigenvalue weighted by molar-refractivity contribution is 0.520. The molecule has 19 heavy (non-hydrogen) atoms. The molecule has 2 aromatic heterocycles. The molecule has 0 saturated heterocycles. The molecule has 0 saturated carbocycles. The summed E-state index contributed by atoms with van der Waals surface area (Å²) in [7, 11) is -2.05. The molecule has 0 aliphatic rings. The molecule has 0 fully saturated rings. The normalized spacial score (nSPS) is 13.6. The van der Waals surface area contributed by atoms with Crippen LogP contribution in [0.4, 0.5) is 5.82 Å². The standard InChI is InChI=1S/C10H16N6O2S/c1-8(5-16-4-3-12-7-16)14-19(17,18)9-6-15(2)13-10(9)11/h3-4,6-8,14H,5H2,1-2H3,(H2,11,13). The van der Waals surface area contributed by atoms with Crippen molar-refractivity contribution in [2.45, 2.75) is 24.4 Å². The quantitative estimate of drug-likeness (QED) is 0.774. The molecule has 2 heterocycles. The van der Waals surface area contributed by atoms with E-state index < -0.39 is 10.0 Å². The Morgan fingerprint density at radius 2 is 2.26 bits per heavy atom. The van der Waals surface area contributed by atoms with Gasteiger partial charge in [0.25, 0.3) is 0 Å². The molecule has 3 N–H and O–H groups in total. The monoisotopic (exact) mass is 284 g/mol. The molecule has 2 rings (SSSR count). The lowest BCUT2D eigenvalue weighted by Gasteiger charge is -2.14. The first-order valence-corrected chi connectivity index (χ1v) is 7.14. The van der Waals surface area contributed by atoms with Crippen molar-refractivity contribution in [2.24, 2.45) is 7.05 Å². The van der Waals surface area contributed by atoms with Crippen LogP contribution in [-0.2, 0) is 23.6 Å². The second kappa shape index (κ2) is 5.02. The van der Waals surface area contributed by atoms with Gasteiger partial charge in [0, 0.05) is 38.2 Å². The molecule has 9 heteroatoms. The van der Waals surface area contributed by atoms with E-state index in [9.17, 15) is 8.42 Å². The predicted molar refractivity (Wildman–Crippen MR) is 69.6 cm³/mol. The smallest absolute Gasteiger partial charge is 0.246 e. The van der Waals surface area contributed by atoms with Crippen LogP contribution in [0.5, 0.6) is 0 Å². The van der Waals surface area contributed by atoms with Gasteiger partial charge in [-0.15, -0.1) is 0 Å². The van der Waals surface area contributed by atoms with Gasteiger partial charge in [-0.05, 0) is 6.92 Å². The minimum atomic E-state index is -3.66. The number of aryl methyl sites for hydroxylation is 1. The zero-order chi connectivity index (χ0) is 14.0. The highest BCUT2D eigenvalue weighted by Gasteiger charge is 2.22. The number of nitrogens with zero attached hydrogens (tertiary/aromatic N) is 4. The predicted octanol–water partition coefficient (Wildman–Crippen LogP) is -0.434. The highest BCUT2D eigenvalue weighted by molar-refractivity contribution is 7.89. The fourth-order valence-corrected chi connectivity index (χ4v) is 3.11. The minimum Gasteiger partial charge on any atom is -0.381 e. The van der Waals surface area contributed by atoms with Crippen LogP contribution in [0.2, 0.25) is 0 Å². The second-order valence-electron chi connectivity index (χ2n) is 4.33. The maximum Gasteiger partial charge on any atom is 0.246 e. The summed E-state index contributed by atoms with van der Waals surface area (Å²) in [6, 6.07) is -0.293. The molecule has 104 valence electrons. The van der Waals surface area contributed by atoms with Crippen LogP contribution < -0.4 is 10.5 Å². The number of rotatable bonds is 5. The van der Waals surface area contributed by atoms with E-state index in [-0.39, 0.29) is 16.8 Å². The number of imidazole rings is 1. The van der Waals surface area contributed by atoms with Crippen molar-refractivity contribution in [3.05, 3.63) is 24.9 Å². The third kappa shape index (κ3) is 3.12. The zero-order valence-electron chi connectivity index (χ0n) is 10.7. The lowest BCUT2D eigenvalue weighted by Crippen LogP contribution is -2.35. The summed E-state index contributed by atoms with van der Waals surface area (Å²) in [6.07, 6.45) is 6.41. The van der Waals surface area contributed by atoms with Gasteiger partial charge in [-0.25, -0.2) is 18.1 Å². The highest BCUT2D eigenvalue weighted by Crippen LogP contribution is 2.15. The highest BCUT2D eigenvalue weighted by atomic mass is 32.2. The van der Waals surface area contributed by atoms with Gasteiger partial charge in [0.1, 0.15) is 4.90 Å². The molecular weight excluding hydrogens is 268 g/mol. The third-order valence-electron chi connectivity index (χ3n) is 2.51. The average Bonchev–Trinajstić information content (AvgIpc) is 2.87. The number of nitrogens with one attached hydrogen (secondary N) is 1. The Hall–Kier alpha value is -1.87. The van der Waals surface area contributed by atoms with E-state index in [2.05, 4.69) is 14.8 Å². The Morgan fingerprint density at radius 3 is 2.79 bits per heavy atom. The van der Waals surface area contributed by atoms with Gasteiger partial charge in [-0.2, -0.15) is 5.10 Å². The SMILES string of the molecule is CC(Cn1ccnc1)NS(=O)(=O)c1cn(C)nc1N. The van der Waals surface area contributed by atoms with Gasteiger partial charge in [0.15, 0.2) is 5.82 Å². The van der Waals surface area contributed by atoms with Crippen LogP contribution in [0, 0.1) is 0 Å². The Kier molecular flexibility index (Phi) is 3.58. The number of nitrogens with two attached hydrogens (primary N) is 1. The molecule has 1 atom stereocenters. The molecule has 0 bridgehead atoms. The third-order valence-corrected chi connectivity index (χ3v) is 4.12. The molecule has 8 nitrogen and oxygen atoms in total. The van der Waals surface area contributed by atoms with Crippen LogP contribution >= 0.6 is 0 Å². The van der Waals surface area contributed by atoms with Crippen molar-refractivity contribution in [3.63, 3.8) is 0 Å². The summed E-state index contributed by atoms with van der Waals surface area (Å²) in [6.45, 7) is 2.25. The van der Waals surface area contributed by atoms with Gasteiger partial charge in [0.2, 0.25) is 10.0 Å².